The summed E-state index contributed by atoms with van der Waals surface area (Å²) >= 11 is 6.02. The van der Waals surface area contributed by atoms with Crippen LogP contribution in [-0.4, -0.2) is 24.0 Å². The molecule has 1 aliphatic rings. The van der Waals surface area contributed by atoms with Crippen molar-refractivity contribution in [3.8, 4) is 11.5 Å². The van der Waals surface area contributed by atoms with Crippen molar-refractivity contribution in [2.24, 2.45) is 5.92 Å². The van der Waals surface area contributed by atoms with E-state index in [0.717, 1.165) is 0 Å². The average Bonchev–Trinajstić information content (AvgIpc) is 2.64. The normalized spacial score (nSPS) is 19.6. The van der Waals surface area contributed by atoms with Crippen LogP contribution in [0.4, 0.5) is 18.9 Å². The summed E-state index contributed by atoms with van der Waals surface area (Å²) in [4.78, 5) is 24.1. The van der Waals surface area contributed by atoms with Crippen molar-refractivity contribution < 1.29 is 27.5 Å². The standard InChI is InChI=1S/C19H16ClF3N2O3/c20-14-3-1-2-4-15(14)28-12-7-5-11(6-8-12)24-17(26)13-9-10-16(19(21,22)23)25-18(13)27/h1-8,13,16H,9-10H2,(H,24,26)(H,25,27)/t13-,16+/m1/s1. The molecule has 3 rings (SSSR count). The van der Waals surface area contributed by atoms with Gasteiger partial charge in [0.05, 0.1) is 5.02 Å². The van der Waals surface area contributed by atoms with Gasteiger partial charge in [0.1, 0.15) is 23.5 Å². The number of carbonyl (C=O) groups excluding carboxylic acids is 2. The second-order valence-corrected chi connectivity index (χ2v) is 6.69. The summed E-state index contributed by atoms with van der Waals surface area (Å²) in [5.74, 6) is -1.80. The van der Waals surface area contributed by atoms with Crippen LogP contribution in [0.2, 0.25) is 5.02 Å². The van der Waals surface area contributed by atoms with Crippen LogP contribution < -0.4 is 15.4 Å². The van der Waals surface area contributed by atoms with Crippen LogP contribution in [0.3, 0.4) is 0 Å². The largest absolute Gasteiger partial charge is 0.456 e. The number of nitrogens with one attached hydrogen (secondary N) is 2. The molecule has 2 aromatic carbocycles. The fourth-order valence-electron chi connectivity index (χ4n) is 2.79. The number of alkyl halides is 3. The van der Waals surface area contributed by atoms with Crippen molar-refractivity contribution in [2.75, 3.05) is 5.32 Å². The lowest BCUT2D eigenvalue weighted by Gasteiger charge is -2.29. The van der Waals surface area contributed by atoms with Crippen molar-refractivity contribution in [1.82, 2.24) is 5.32 Å². The quantitative estimate of drug-likeness (QED) is 0.725. The van der Waals surface area contributed by atoms with Gasteiger partial charge in [-0.05, 0) is 49.2 Å². The number of anilines is 1. The minimum absolute atomic E-state index is 0.171. The zero-order valence-corrected chi connectivity index (χ0v) is 15.2. The van der Waals surface area contributed by atoms with Crippen LogP contribution in [0.1, 0.15) is 12.8 Å². The number of rotatable bonds is 4. The van der Waals surface area contributed by atoms with E-state index in [1.165, 1.54) is 0 Å². The van der Waals surface area contributed by atoms with Gasteiger partial charge < -0.3 is 15.4 Å². The Balaban J connectivity index is 1.59. The molecule has 28 heavy (non-hydrogen) atoms. The van der Waals surface area contributed by atoms with E-state index in [1.807, 2.05) is 5.32 Å². The maximum Gasteiger partial charge on any atom is 0.408 e. The number of ether oxygens (including phenoxy) is 1. The number of para-hydroxylation sites is 1. The van der Waals surface area contributed by atoms with E-state index in [0.29, 0.717) is 22.2 Å². The van der Waals surface area contributed by atoms with E-state index in [2.05, 4.69) is 5.32 Å². The molecule has 1 saturated heterocycles. The van der Waals surface area contributed by atoms with Gasteiger partial charge in [0.2, 0.25) is 11.8 Å². The van der Waals surface area contributed by atoms with Gasteiger partial charge in [-0.2, -0.15) is 13.2 Å². The third kappa shape index (κ3) is 4.75. The number of amides is 2. The molecular weight excluding hydrogens is 397 g/mol. The van der Waals surface area contributed by atoms with E-state index in [9.17, 15) is 22.8 Å². The zero-order chi connectivity index (χ0) is 20.3. The lowest BCUT2D eigenvalue weighted by atomic mass is 9.92. The highest BCUT2D eigenvalue weighted by Crippen LogP contribution is 2.31. The van der Waals surface area contributed by atoms with Crippen molar-refractivity contribution >= 4 is 29.1 Å². The molecule has 0 radical (unpaired) electrons. The smallest absolute Gasteiger partial charge is 0.408 e. The molecular formula is C19H16ClF3N2O3. The minimum atomic E-state index is -4.52. The lowest BCUT2D eigenvalue weighted by Crippen LogP contribution is -2.53. The molecule has 148 valence electrons. The highest BCUT2D eigenvalue weighted by Gasteiger charge is 2.45. The topological polar surface area (TPSA) is 67.4 Å². The molecule has 5 nitrogen and oxygen atoms in total. The maximum absolute atomic E-state index is 12.7. The molecule has 2 atom stereocenters. The monoisotopic (exact) mass is 412 g/mol. The Morgan fingerprint density at radius 1 is 1.11 bits per heavy atom. The van der Waals surface area contributed by atoms with Crippen molar-refractivity contribution in [1.29, 1.82) is 0 Å². The van der Waals surface area contributed by atoms with Gasteiger partial charge in [-0.25, -0.2) is 0 Å². The fourth-order valence-corrected chi connectivity index (χ4v) is 2.97. The SMILES string of the molecule is O=C(Nc1ccc(Oc2ccccc2Cl)cc1)[C@H]1CC[C@@H](C(F)(F)F)NC1=O. The van der Waals surface area contributed by atoms with Crippen molar-refractivity contribution in [3.05, 3.63) is 53.6 Å². The summed E-state index contributed by atoms with van der Waals surface area (Å²) < 4.78 is 43.7. The Kier molecular flexibility index (Phi) is 5.79. The lowest BCUT2D eigenvalue weighted by molar-refractivity contribution is -0.170. The van der Waals surface area contributed by atoms with E-state index in [4.69, 9.17) is 16.3 Å². The van der Waals surface area contributed by atoms with Crippen molar-refractivity contribution in [3.63, 3.8) is 0 Å². The van der Waals surface area contributed by atoms with E-state index < -0.39 is 30.0 Å². The Morgan fingerprint density at radius 3 is 2.39 bits per heavy atom. The van der Waals surface area contributed by atoms with Gasteiger partial charge in [-0.1, -0.05) is 23.7 Å². The summed E-state index contributed by atoms with van der Waals surface area (Å²) in [5.41, 5.74) is 0.391. The number of halogens is 4. The summed E-state index contributed by atoms with van der Waals surface area (Å²) in [7, 11) is 0. The molecule has 9 heteroatoms. The molecule has 1 aliphatic heterocycles. The molecule has 0 aromatic heterocycles. The highest BCUT2D eigenvalue weighted by molar-refractivity contribution is 6.32. The van der Waals surface area contributed by atoms with Crippen LogP contribution in [-0.2, 0) is 9.59 Å². The van der Waals surface area contributed by atoms with Crippen LogP contribution in [0.25, 0.3) is 0 Å². The molecule has 2 amide bonds. The Hall–Kier alpha value is -2.74. The molecule has 1 fully saturated rings. The van der Waals surface area contributed by atoms with Gasteiger partial charge in [-0.15, -0.1) is 0 Å². The van der Waals surface area contributed by atoms with E-state index in [1.54, 1.807) is 48.5 Å². The Bertz CT molecular complexity index is 871. The predicted molar refractivity (Wildman–Crippen MR) is 97.3 cm³/mol. The molecule has 0 aliphatic carbocycles. The Morgan fingerprint density at radius 2 is 1.79 bits per heavy atom. The Labute approximate surface area is 163 Å². The second-order valence-electron chi connectivity index (χ2n) is 6.28. The van der Waals surface area contributed by atoms with Crippen LogP contribution in [0, 0.1) is 5.92 Å². The zero-order valence-electron chi connectivity index (χ0n) is 14.4. The van der Waals surface area contributed by atoms with Crippen molar-refractivity contribution in [2.45, 2.75) is 25.1 Å². The molecule has 2 aromatic rings. The number of piperidine rings is 1. The first-order valence-electron chi connectivity index (χ1n) is 8.44. The van der Waals surface area contributed by atoms with Crippen LogP contribution in [0.5, 0.6) is 11.5 Å². The third-order valence-electron chi connectivity index (χ3n) is 4.27. The van der Waals surface area contributed by atoms with E-state index in [-0.39, 0.29) is 12.8 Å². The maximum atomic E-state index is 12.7. The molecule has 0 bridgehead atoms. The summed E-state index contributed by atoms with van der Waals surface area (Å²) in [6.45, 7) is 0. The first kappa shape index (κ1) is 20.0. The van der Waals surface area contributed by atoms with Gasteiger partial charge in [-0.3, -0.25) is 9.59 Å². The molecule has 2 N–H and O–H groups in total. The average molecular weight is 413 g/mol. The minimum Gasteiger partial charge on any atom is -0.456 e. The first-order valence-corrected chi connectivity index (χ1v) is 8.82. The number of benzene rings is 2. The molecule has 0 saturated carbocycles. The first-order chi connectivity index (χ1) is 13.2. The summed E-state index contributed by atoms with van der Waals surface area (Å²) in [6, 6.07) is 11.3. The number of hydrogen-bond acceptors (Lipinski definition) is 3. The van der Waals surface area contributed by atoms with Gasteiger partial charge in [0.25, 0.3) is 0 Å². The highest BCUT2D eigenvalue weighted by atomic mass is 35.5. The molecule has 0 spiro atoms. The van der Waals surface area contributed by atoms with Gasteiger partial charge in [0.15, 0.2) is 0 Å². The fraction of sp³-hybridized carbons (Fsp3) is 0.263. The molecule has 1 heterocycles. The summed E-state index contributed by atoms with van der Waals surface area (Å²) in [5, 5.41) is 4.84. The number of hydrogen-bond donors (Lipinski definition) is 2. The van der Waals surface area contributed by atoms with Crippen LogP contribution >= 0.6 is 11.6 Å². The third-order valence-corrected chi connectivity index (χ3v) is 4.59. The summed E-state index contributed by atoms with van der Waals surface area (Å²) in [6.07, 6.45) is -5.03. The molecule has 0 unspecified atom stereocenters. The van der Waals surface area contributed by atoms with Gasteiger partial charge in [0, 0.05) is 5.69 Å². The van der Waals surface area contributed by atoms with Crippen LogP contribution in [0.15, 0.2) is 48.5 Å². The van der Waals surface area contributed by atoms with E-state index >= 15 is 0 Å². The van der Waals surface area contributed by atoms with Gasteiger partial charge >= 0.3 is 6.18 Å². The second kappa shape index (κ2) is 8.10. The predicted octanol–water partition coefficient (Wildman–Crippen LogP) is 4.53. The number of carbonyl (C=O) groups is 2.